The van der Waals surface area contributed by atoms with Crippen LogP contribution in [0.25, 0.3) is 0 Å². The molecule has 3 nitrogen and oxygen atoms in total. The van der Waals surface area contributed by atoms with Crippen LogP contribution < -0.4 is 5.32 Å². The van der Waals surface area contributed by atoms with E-state index in [1.54, 1.807) is 0 Å². The summed E-state index contributed by atoms with van der Waals surface area (Å²) in [6, 6.07) is 8.15. The number of aliphatic hydroxyl groups excluding tert-OH is 1. The van der Waals surface area contributed by atoms with Gasteiger partial charge in [-0.25, -0.2) is 0 Å². The van der Waals surface area contributed by atoms with Gasteiger partial charge in [0.15, 0.2) is 0 Å². The molecule has 1 rings (SSSR count). The van der Waals surface area contributed by atoms with E-state index in [9.17, 15) is 4.79 Å². The molecule has 3 heteroatoms. The zero-order chi connectivity index (χ0) is 13.5. The molecule has 100 valence electrons. The van der Waals surface area contributed by atoms with E-state index in [1.807, 2.05) is 19.1 Å². The Morgan fingerprint density at radius 2 is 2.00 bits per heavy atom. The van der Waals surface area contributed by atoms with E-state index in [0.29, 0.717) is 13.0 Å². The summed E-state index contributed by atoms with van der Waals surface area (Å²) in [6.45, 7) is 6.68. The second-order valence-electron chi connectivity index (χ2n) is 5.05. The molecule has 0 aromatic heterocycles. The smallest absolute Gasteiger partial charge is 0.220 e. The molecule has 0 aliphatic heterocycles. The van der Waals surface area contributed by atoms with E-state index < -0.39 is 0 Å². The fraction of sp³-hybridized carbons (Fsp3) is 0.533. The Balaban J connectivity index is 2.47. The summed E-state index contributed by atoms with van der Waals surface area (Å²) in [5, 5.41) is 11.7. The minimum atomic E-state index is 0.0473. The lowest BCUT2D eigenvalue weighted by atomic mass is 9.93. The van der Waals surface area contributed by atoms with Crippen molar-refractivity contribution in [3.05, 3.63) is 35.4 Å². The van der Waals surface area contributed by atoms with Crippen LogP contribution >= 0.6 is 0 Å². The molecule has 0 saturated heterocycles. The van der Waals surface area contributed by atoms with Crippen molar-refractivity contribution < 1.29 is 9.90 Å². The van der Waals surface area contributed by atoms with Gasteiger partial charge in [-0.2, -0.15) is 0 Å². The van der Waals surface area contributed by atoms with Crippen LogP contribution in [0.2, 0.25) is 0 Å². The number of hydrogen-bond donors (Lipinski definition) is 2. The minimum Gasteiger partial charge on any atom is -0.396 e. The van der Waals surface area contributed by atoms with E-state index in [0.717, 1.165) is 0 Å². The van der Waals surface area contributed by atoms with Crippen LogP contribution in [0.3, 0.4) is 0 Å². The first-order valence-electron chi connectivity index (χ1n) is 6.47. The average molecular weight is 249 g/mol. The molecule has 0 bridgehead atoms. The van der Waals surface area contributed by atoms with Crippen molar-refractivity contribution in [1.29, 1.82) is 0 Å². The Labute approximate surface area is 109 Å². The first-order valence-corrected chi connectivity index (χ1v) is 6.47. The van der Waals surface area contributed by atoms with Crippen molar-refractivity contribution in [1.82, 2.24) is 5.32 Å². The second kappa shape index (κ2) is 7.17. The summed E-state index contributed by atoms with van der Waals surface area (Å²) in [4.78, 5) is 11.8. The van der Waals surface area contributed by atoms with E-state index in [2.05, 4.69) is 31.3 Å². The largest absolute Gasteiger partial charge is 0.396 e. The van der Waals surface area contributed by atoms with Crippen LogP contribution in [0.5, 0.6) is 0 Å². The van der Waals surface area contributed by atoms with Gasteiger partial charge in [0.2, 0.25) is 5.91 Å². The predicted molar refractivity (Wildman–Crippen MR) is 73.5 cm³/mol. The number of amides is 1. The van der Waals surface area contributed by atoms with Gasteiger partial charge >= 0.3 is 0 Å². The first-order chi connectivity index (χ1) is 8.54. The van der Waals surface area contributed by atoms with Gasteiger partial charge in [0.1, 0.15) is 0 Å². The zero-order valence-corrected chi connectivity index (χ0v) is 11.4. The van der Waals surface area contributed by atoms with Gasteiger partial charge in [0.05, 0.1) is 0 Å². The van der Waals surface area contributed by atoms with Gasteiger partial charge in [0.25, 0.3) is 0 Å². The minimum absolute atomic E-state index is 0.0473. The normalized spacial score (nSPS) is 14.0. The molecule has 0 spiro atoms. The summed E-state index contributed by atoms with van der Waals surface area (Å²) in [7, 11) is 0. The highest BCUT2D eigenvalue weighted by Gasteiger charge is 2.13. The van der Waals surface area contributed by atoms with Crippen LogP contribution in [0.1, 0.15) is 37.3 Å². The van der Waals surface area contributed by atoms with E-state index in [4.69, 9.17) is 5.11 Å². The number of hydrogen-bond acceptors (Lipinski definition) is 2. The lowest BCUT2D eigenvalue weighted by Gasteiger charge is -2.15. The molecule has 2 N–H and O–H groups in total. The maximum Gasteiger partial charge on any atom is 0.220 e. The molecule has 0 aliphatic carbocycles. The van der Waals surface area contributed by atoms with Gasteiger partial charge in [-0.1, -0.05) is 38.1 Å². The van der Waals surface area contributed by atoms with Crippen LogP contribution in [-0.2, 0) is 4.79 Å². The van der Waals surface area contributed by atoms with Crippen LogP contribution in [0.4, 0.5) is 0 Å². The molecular weight excluding hydrogens is 226 g/mol. The van der Waals surface area contributed by atoms with Crippen LogP contribution in [0.15, 0.2) is 24.3 Å². The molecular formula is C15H23NO2. The Bertz CT molecular complexity index is 390. The van der Waals surface area contributed by atoms with Gasteiger partial charge in [-0.05, 0) is 29.9 Å². The maximum absolute atomic E-state index is 11.8. The molecule has 0 heterocycles. The monoisotopic (exact) mass is 249 g/mol. The third kappa shape index (κ3) is 4.49. The molecule has 1 aromatic carbocycles. The Hall–Kier alpha value is -1.35. The lowest BCUT2D eigenvalue weighted by molar-refractivity contribution is -0.121. The highest BCUT2D eigenvalue weighted by molar-refractivity contribution is 5.76. The van der Waals surface area contributed by atoms with E-state index in [1.165, 1.54) is 11.1 Å². The number of aliphatic hydroxyl groups is 1. The Kier molecular flexibility index (Phi) is 5.86. The third-order valence-corrected chi connectivity index (χ3v) is 3.17. The van der Waals surface area contributed by atoms with Gasteiger partial charge in [-0.3, -0.25) is 4.79 Å². The van der Waals surface area contributed by atoms with Gasteiger partial charge in [-0.15, -0.1) is 0 Å². The predicted octanol–water partition coefficient (Wildman–Crippen LogP) is 2.23. The molecule has 1 amide bonds. The van der Waals surface area contributed by atoms with E-state index in [-0.39, 0.29) is 24.3 Å². The molecule has 18 heavy (non-hydrogen) atoms. The second-order valence-corrected chi connectivity index (χ2v) is 5.05. The van der Waals surface area contributed by atoms with Crippen molar-refractivity contribution in [3.63, 3.8) is 0 Å². The lowest BCUT2D eigenvalue weighted by Crippen LogP contribution is -2.30. The van der Waals surface area contributed by atoms with Crippen LogP contribution in [0, 0.1) is 12.8 Å². The van der Waals surface area contributed by atoms with Crippen molar-refractivity contribution in [2.24, 2.45) is 5.92 Å². The average Bonchev–Trinajstić information content (AvgIpc) is 2.36. The summed E-state index contributed by atoms with van der Waals surface area (Å²) >= 11 is 0. The molecule has 0 saturated carbocycles. The summed E-state index contributed by atoms with van der Waals surface area (Å²) in [5.74, 6) is 0.379. The van der Waals surface area contributed by atoms with Crippen molar-refractivity contribution in [3.8, 4) is 0 Å². The summed E-state index contributed by atoms with van der Waals surface area (Å²) in [6.07, 6.45) is 0.489. The Morgan fingerprint density at radius 1 is 1.33 bits per heavy atom. The van der Waals surface area contributed by atoms with Gasteiger partial charge < -0.3 is 10.4 Å². The molecule has 1 aromatic rings. The highest BCUT2D eigenvalue weighted by Crippen LogP contribution is 2.22. The first kappa shape index (κ1) is 14.7. The fourth-order valence-electron chi connectivity index (χ4n) is 1.95. The summed E-state index contributed by atoms with van der Waals surface area (Å²) < 4.78 is 0. The van der Waals surface area contributed by atoms with Gasteiger partial charge in [0, 0.05) is 19.6 Å². The van der Waals surface area contributed by atoms with Crippen molar-refractivity contribution >= 4 is 5.91 Å². The quantitative estimate of drug-likeness (QED) is 0.812. The number of aryl methyl sites for hydroxylation is 1. The number of rotatable bonds is 6. The fourth-order valence-corrected chi connectivity index (χ4v) is 1.95. The number of nitrogens with one attached hydrogen (secondary N) is 1. The SMILES string of the molecule is Cc1ccccc1C(C)CC(=O)NCC(C)CO. The number of carbonyl (C=O) groups is 1. The number of benzene rings is 1. The number of carbonyl (C=O) groups excluding carboxylic acids is 1. The van der Waals surface area contributed by atoms with E-state index >= 15 is 0 Å². The highest BCUT2D eigenvalue weighted by atomic mass is 16.3. The molecule has 2 unspecified atom stereocenters. The molecule has 0 aliphatic rings. The maximum atomic E-state index is 11.8. The van der Waals surface area contributed by atoms with Crippen molar-refractivity contribution in [2.75, 3.05) is 13.2 Å². The molecule has 2 atom stereocenters. The molecule has 0 fully saturated rings. The van der Waals surface area contributed by atoms with Crippen molar-refractivity contribution in [2.45, 2.75) is 33.1 Å². The third-order valence-electron chi connectivity index (χ3n) is 3.17. The standard InChI is InChI=1S/C15H23NO2/c1-11(10-17)9-16-15(18)8-13(3)14-7-5-4-6-12(14)2/h4-7,11,13,17H,8-10H2,1-3H3,(H,16,18). The molecule has 0 radical (unpaired) electrons. The topological polar surface area (TPSA) is 49.3 Å². The zero-order valence-electron chi connectivity index (χ0n) is 11.4. The van der Waals surface area contributed by atoms with Crippen LogP contribution in [-0.4, -0.2) is 24.2 Å². The summed E-state index contributed by atoms with van der Waals surface area (Å²) in [5.41, 5.74) is 2.45. The Morgan fingerprint density at radius 3 is 2.61 bits per heavy atom.